The Morgan fingerprint density at radius 3 is 2.54 bits per heavy atom. The Hall–Kier alpha value is -1.97. The van der Waals surface area contributed by atoms with E-state index in [-0.39, 0.29) is 5.91 Å². The maximum absolute atomic E-state index is 12.2. The molecule has 0 unspecified atom stereocenters. The number of hydrogen-bond acceptors (Lipinski definition) is 3. The Labute approximate surface area is 145 Å². The van der Waals surface area contributed by atoms with Crippen LogP contribution in [-0.2, 0) is 4.79 Å². The minimum Gasteiger partial charge on any atom is -0.493 e. The van der Waals surface area contributed by atoms with E-state index in [1.165, 1.54) is 32.1 Å². The van der Waals surface area contributed by atoms with Gasteiger partial charge in [0.25, 0.3) is 0 Å². The Balaban J connectivity index is 1.92. The molecule has 132 valence electrons. The van der Waals surface area contributed by atoms with Gasteiger partial charge in [0.05, 0.1) is 13.7 Å². The van der Waals surface area contributed by atoms with Crippen LogP contribution >= 0.6 is 0 Å². The fourth-order valence-corrected chi connectivity index (χ4v) is 3.08. The fourth-order valence-electron chi connectivity index (χ4n) is 3.08. The van der Waals surface area contributed by atoms with Crippen molar-refractivity contribution < 1.29 is 14.3 Å². The first-order valence-electron chi connectivity index (χ1n) is 9.02. The predicted molar refractivity (Wildman–Crippen MR) is 97.4 cm³/mol. The van der Waals surface area contributed by atoms with Crippen molar-refractivity contribution in [1.82, 2.24) is 5.32 Å². The summed E-state index contributed by atoms with van der Waals surface area (Å²) < 4.78 is 10.8. The van der Waals surface area contributed by atoms with Crippen molar-refractivity contribution >= 4 is 12.0 Å². The maximum atomic E-state index is 12.2. The van der Waals surface area contributed by atoms with Crippen LogP contribution in [0.1, 0.15) is 57.4 Å². The SMILES string of the molecule is CCOc1ccc(/C=C/C(=O)NC2CCCCCCC2)cc1OC. The first-order valence-corrected chi connectivity index (χ1v) is 9.02. The van der Waals surface area contributed by atoms with Crippen LogP contribution in [0.3, 0.4) is 0 Å². The molecule has 0 spiro atoms. The summed E-state index contributed by atoms with van der Waals surface area (Å²) >= 11 is 0. The molecule has 1 N–H and O–H groups in total. The average Bonchev–Trinajstić information content (AvgIpc) is 2.56. The molecule has 0 radical (unpaired) electrons. The van der Waals surface area contributed by atoms with Gasteiger partial charge < -0.3 is 14.8 Å². The lowest BCUT2D eigenvalue weighted by Crippen LogP contribution is -2.34. The van der Waals surface area contributed by atoms with E-state index in [9.17, 15) is 4.79 Å². The minimum atomic E-state index is -0.0200. The average molecular weight is 331 g/mol. The quantitative estimate of drug-likeness (QED) is 0.789. The van der Waals surface area contributed by atoms with Gasteiger partial charge in [0.1, 0.15) is 0 Å². The number of rotatable bonds is 6. The second kappa shape index (κ2) is 10.0. The van der Waals surface area contributed by atoms with Crippen LogP contribution in [0.4, 0.5) is 0 Å². The summed E-state index contributed by atoms with van der Waals surface area (Å²) in [6.45, 7) is 2.53. The molecule has 0 aromatic heterocycles. The van der Waals surface area contributed by atoms with Gasteiger partial charge in [-0.05, 0) is 43.5 Å². The van der Waals surface area contributed by atoms with E-state index in [0.717, 1.165) is 24.2 Å². The molecule has 1 saturated carbocycles. The van der Waals surface area contributed by atoms with Crippen LogP contribution in [0.2, 0.25) is 0 Å². The molecule has 0 atom stereocenters. The Bertz CT molecular complexity index is 546. The van der Waals surface area contributed by atoms with Gasteiger partial charge in [-0.15, -0.1) is 0 Å². The van der Waals surface area contributed by atoms with Crippen LogP contribution in [0.5, 0.6) is 11.5 Å². The van der Waals surface area contributed by atoms with Gasteiger partial charge in [-0.3, -0.25) is 4.79 Å². The van der Waals surface area contributed by atoms with Gasteiger partial charge in [-0.2, -0.15) is 0 Å². The second-order valence-corrected chi connectivity index (χ2v) is 6.23. The summed E-state index contributed by atoms with van der Waals surface area (Å²) in [5, 5.41) is 3.14. The van der Waals surface area contributed by atoms with Gasteiger partial charge in [0.15, 0.2) is 11.5 Å². The first-order chi connectivity index (χ1) is 11.7. The zero-order chi connectivity index (χ0) is 17.2. The molecular formula is C20H29NO3. The zero-order valence-electron chi connectivity index (χ0n) is 14.8. The number of ether oxygens (including phenoxy) is 2. The van der Waals surface area contributed by atoms with E-state index >= 15 is 0 Å². The van der Waals surface area contributed by atoms with Crippen molar-refractivity contribution in [3.05, 3.63) is 29.8 Å². The van der Waals surface area contributed by atoms with E-state index in [2.05, 4.69) is 5.32 Å². The van der Waals surface area contributed by atoms with Crippen LogP contribution in [0, 0.1) is 0 Å². The number of benzene rings is 1. The molecule has 0 saturated heterocycles. The van der Waals surface area contributed by atoms with Crippen LogP contribution in [0.25, 0.3) is 6.08 Å². The van der Waals surface area contributed by atoms with Gasteiger partial charge in [0, 0.05) is 12.1 Å². The molecule has 0 bridgehead atoms. The molecule has 1 aliphatic rings. The second-order valence-electron chi connectivity index (χ2n) is 6.23. The van der Waals surface area contributed by atoms with E-state index in [0.29, 0.717) is 18.4 Å². The van der Waals surface area contributed by atoms with Crippen LogP contribution in [0.15, 0.2) is 24.3 Å². The molecule has 2 rings (SSSR count). The van der Waals surface area contributed by atoms with Crippen molar-refractivity contribution in [2.45, 2.75) is 57.9 Å². The monoisotopic (exact) mass is 331 g/mol. The highest BCUT2D eigenvalue weighted by Crippen LogP contribution is 2.28. The summed E-state index contributed by atoms with van der Waals surface area (Å²) in [5.41, 5.74) is 0.920. The van der Waals surface area contributed by atoms with Crippen molar-refractivity contribution in [2.24, 2.45) is 0 Å². The standard InChI is InChI=1S/C20H29NO3/c1-3-24-18-13-11-16(15-19(18)23-2)12-14-20(22)21-17-9-7-5-4-6-8-10-17/h11-15,17H,3-10H2,1-2H3,(H,21,22)/b14-12+. The van der Waals surface area contributed by atoms with Crippen LogP contribution in [-0.4, -0.2) is 25.7 Å². The highest BCUT2D eigenvalue weighted by molar-refractivity contribution is 5.92. The Morgan fingerprint density at radius 1 is 1.17 bits per heavy atom. The first kappa shape index (κ1) is 18.4. The predicted octanol–water partition coefficient (Wildman–Crippen LogP) is 4.34. The molecule has 0 heterocycles. The minimum absolute atomic E-state index is 0.0200. The molecule has 4 nitrogen and oxygen atoms in total. The molecule has 1 fully saturated rings. The fraction of sp³-hybridized carbons (Fsp3) is 0.550. The van der Waals surface area contributed by atoms with Gasteiger partial charge in [0.2, 0.25) is 5.91 Å². The zero-order valence-corrected chi connectivity index (χ0v) is 14.8. The number of methoxy groups -OCH3 is 1. The van der Waals surface area contributed by atoms with E-state index < -0.39 is 0 Å². The lowest BCUT2D eigenvalue weighted by Gasteiger charge is -2.20. The molecule has 1 aliphatic carbocycles. The number of nitrogens with one attached hydrogen (secondary N) is 1. The highest BCUT2D eigenvalue weighted by Gasteiger charge is 2.12. The third-order valence-corrected chi connectivity index (χ3v) is 4.37. The molecule has 1 amide bonds. The molecule has 4 heteroatoms. The summed E-state index contributed by atoms with van der Waals surface area (Å²) in [6, 6.07) is 5.99. The maximum Gasteiger partial charge on any atom is 0.244 e. The van der Waals surface area contributed by atoms with Crippen molar-refractivity contribution in [1.29, 1.82) is 0 Å². The van der Waals surface area contributed by atoms with Crippen molar-refractivity contribution in [2.75, 3.05) is 13.7 Å². The van der Waals surface area contributed by atoms with Crippen LogP contribution < -0.4 is 14.8 Å². The Kier molecular flexibility index (Phi) is 7.66. The normalized spacial score (nSPS) is 16.4. The highest BCUT2D eigenvalue weighted by atomic mass is 16.5. The third-order valence-electron chi connectivity index (χ3n) is 4.37. The van der Waals surface area contributed by atoms with Gasteiger partial charge >= 0.3 is 0 Å². The number of carbonyl (C=O) groups is 1. The van der Waals surface area contributed by atoms with Gasteiger partial charge in [-0.1, -0.05) is 38.2 Å². The van der Waals surface area contributed by atoms with E-state index in [1.54, 1.807) is 13.2 Å². The Morgan fingerprint density at radius 2 is 1.88 bits per heavy atom. The number of carbonyl (C=O) groups excluding carboxylic acids is 1. The summed E-state index contributed by atoms with van der Waals surface area (Å²) in [4.78, 5) is 12.2. The molecule has 0 aliphatic heterocycles. The van der Waals surface area contributed by atoms with E-state index in [1.807, 2.05) is 31.2 Å². The number of hydrogen-bond donors (Lipinski definition) is 1. The molecule has 1 aromatic rings. The molecular weight excluding hydrogens is 302 g/mol. The lowest BCUT2D eigenvalue weighted by atomic mass is 9.97. The van der Waals surface area contributed by atoms with Gasteiger partial charge in [-0.25, -0.2) is 0 Å². The molecule has 1 aromatic carbocycles. The molecule has 24 heavy (non-hydrogen) atoms. The van der Waals surface area contributed by atoms with Crippen molar-refractivity contribution in [3.8, 4) is 11.5 Å². The summed E-state index contributed by atoms with van der Waals surface area (Å²) in [5.74, 6) is 1.38. The smallest absolute Gasteiger partial charge is 0.244 e. The topological polar surface area (TPSA) is 47.6 Å². The third kappa shape index (κ3) is 5.91. The largest absolute Gasteiger partial charge is 0.493 e. The van der Waals surface area contributed by atoms with Crippen molar-refractivity contribution in [3.63, 3.8) is 0 Å². The summed E-state index contributed by atoms with van der Waals surface area (Å²) in [7, 11) is 1.62. The summed E-state index contributed by atoms with van der Waals surface area (Å²) in [6.07, 6.45) is 11.9. The van der Waals surface area contributed by atoms with E-state index in [4.69, 9.17) is 9.47 Å². The lowest BCUT2D eigenvalue weighted by molar-refractivity contribution is -0.117. The number of amides is 1.